The molecule has 1 atom stereocenters. The van der Waals surface area contributed by atoms with E-state index < -0.39 is 10.8 Å². The fourth-order valence-electron chi connectivity index (χ4n) is 4.91. The monoisotopic (exact) mass is 484 g/mol. The molecule has 5 rings (SSSR count). The summed E-state index contributed by atoms with van der Waals surface area (Å²) in [5.41, 5.74) is 11.2. The van der Waals surface area contributed by atoms with Gasteiger partial charge in [0.15, 0.2) is 0 Å². The predicted octanol–water partition coefficient (Wildman–Crippen LogP) is 5.22. The number of hydrogen-bond donors (Lipinski definition) is 1. The minimum absolute atomic E-state index is 0.137. The van der Waals surface area contributed by atoms with Crippen molar-refractivity contribution in [3.63, 3.8) is 0 Å². The molecule has 1 aliphatic heterocycles. The van der Waals surface area contributed by atoms with Gasteiger partial charge in [-0.05, 0) is 46.9 Å². The van der Waals surface area contributed by atoms with Crippen molar-refractivity contribution < 1.29 is 14.3 Å². The summed E-state index contributed by atoms with van der Waals surface area (Å²) >= 11 is 7.12. The van der Waals surface area contributed by atoms with Crippen LogP contribution in [0, 0.1) is 0 Å². The first kappa shape index (κ1) is 22.9. The number of rotatable bonds is 4. The van der Waals surface area contributed by atoms with Crippen LogP contribution in [0.2, 0.25) is 0 Å². The molecule has 0 spiro atoms. The number of methoxy groups -OCH3 is 1. The summed E-state index contributed by atoms with van der Waals surface area (Å²) in [6, 6.07) is 23.6. The van der Waals surface area contributed by atoms with Gasteiger partial charge < -0.3 is 15.4 Å². The summed E-state index contributed by atoms with van der Waals surface area (Å²) in [6.45, 7) is 0.459. The number of nitrogens with zero attached hydrogens (tertiary/aromatic N) is 1. The molecular weight excluding hydrogens is 460 g/mol. The smallest absolute Gasteiger partial charge is 0.258 e. The fourth-order valence-corrected chi connectivity index (χ4v) is 5.26. The maximum absolute atomic E-state index is 14.2. The van der Waals surface area contributed by atoms with E-state index >= 15 is 0 Å². The largest absolute Gasteiger partial charge is 0.500 e. The van der Waals surface area contributed by atoms with Crippen LogP contribution in [-0.2, 0) is 27.4 Å². The molecule has 2 amide bonds. The number of benzene rings is 3. The molecule has 0 saturated heterocycles. The minimum atomic E-state index is -1.07. The van der Waals surface area contributed by atoms with Gasteiger partial charge in [-0.1, -0.05) is 66.7 Å². The average Bonchev–Trinajstić information content (AvgIpc) is 3.05. The zero-order valence-corrected chi connectivity index (χ0v) is 20.1. The summed E-state index contributed by atoms with van der Waals surface area (Å²) in [5, 5.41) is 0. The molecule has 3 aromatic rings. The van der Waals surface area contributed by atoms with Gasteiger partial charge in [0.05, 0.1) is 24.1 Å². The van der Waals surface area contributed by atoms with Crippen molar-refractivity contribution in [2.24, 2.45) is 5.73 Å². The summed E-state index contributed by atoms with van der Waals surface area (Å²) < 4.78 is 5.45. The summed E-state index contributed by atoms with van der Waals surface area (Å²) in [7, 11) is 1.48. The molecule has 1 unspecified atom stereocenters. The second kappa shape index (κ2) is 9.08. The third-order valence-corrected chi connectivity index (χ3v) is 7.17. The van der Waals surface area contributed by atoms with Crippen molar-refractivity contribution in [1.29, 1.82) is 0 Å². The Morgan fingerprint density at radius 3 is 2.34 bits per heavy atom. The van der Waals surface area contributed by atoms with Crippen LogP contribution in [0.3, 0.4) is 0 Å². The highest BCUT2D eigenvalue weighted by atomic mass is 35.5. The maximum atomic E-state index is 14.2. The van der Waals surface area contributed by atoms with Gasteiger partial charge in [0.25, 0.3) is 11.8 Å². The van der Waals surface area contributed by atoms with E-state index in [-0.39, 0.29) is 17.9 Å². The van der Waals surface area contributed by atoms with Crippen molar-refractivity contribution in [3.05, 3.63) is 124 Å². The normalized spacial score (nSPS) is 19.0. The van der Waals surface area contributed by atoms with Gasteiger partial charge in [0, 0.05) is 17.7 Å². The molecule has 5 nitrogen and oxygen atoms in total. The number of amides is 2. The van der Waals surface area contributed by atoms with E-state index in [9.17, 15) is 9.59 Å². The molecule has 1 heterocycles. The van der Waals surface area contributed by atoms with E-state index in [1.165, 1.54) is 12.7 Å². The number of anilines is 1. The molecule has 0 bridgehead atoms. The number of nitrogens with two attached hydrogens (primary N) is 1. The first-order chi connectivity index (χ1) is 16.9. The Morgan fingerprint density at radius 1 is 0.943 bits per heavy atom. The highest BCUT2D eigenvalue weighted by Gasteiger charge is 2.37. The van der Waals surface area contributed by atoms with Crippen LogP contribution < -0.4 is 10.6 Å². The lowest BCUT2D eigenvalue weighted by atomic mass is 9.84. The van der Waals surface area contributed by atoms with Gasteiger partial charge in [0.2, 0.25) is 0 Å². The van der Waals surface area contributed by atoms with E-state index in [1.807, 2.05) is 53.4 Å². The van der Waals surface area contributed by atoms with Gasteiger partial charge in [-0.3, -0.25) is 9.59 Å². The number of primary amides is 1. The molecule has 3 aromatic carbocycles. The Labute approximate surface area is 209 Å². The number of alkyl halides is 1. The number of para-hydroxylation sites is 1. The number of allylic oxidation sites excluding steroid dienone is 2. The minimum Gasteiger partial charge on any atom is -0.500 e. The molecule has 0 radical (unpaired) electrons. The zero-order valence-electron chi connectivity index (χ0n) is 19.3. The second-order valence-electron chi connectivity index (χ2n) is 8.79. The number of ether oxygens (including phenoxy) is 1. The molecule has 176 valence electrons. The first-order valence-corrected chi connectivity index (χ1v) is 11.8. The fraction of sp³-hybridized carbons (Fsp3) is 0.172. The maximum Gasteiger partial charge on any atom is 0.258 e. The van der Waals surface area contributed by atoms with Crippen LogP contribution in [0.1, 0.15) is 39.0 Å². The van der Waals surface area contributed by atoms with Crippen LogP contribution >= 0.6 is 11.6 Å². The predicted molar refractivity (Wildman–Crippen MR) is 137 cm³/mol. The zero-order chi connectivity index (χ0) is 24.6. The Bertz CT molecular complexity index is 1390. The molecular formula is C29H25ClN2O3. The standard InChI is InChI=1S/C29H25ClN2O3/c1-35-26-17-29(30,15-14-23(26)27(31)33)24-12-6-5-11-22(24)28(34)32-18-21-10-3-2-8-19(21)16-20-9-4-7-13-25(20)32/h2-15H,16-18H2,1H3,(H2,31,33). The van der Waals surface area contributed by atoms with Crippen LogP contribution in [0.4, 0.5) is 5.69 Å². The highest BCUT2D eigenvalue weighted by molar-refractivity contribution is 6.27. The lowest BCUT2D eigenvalue weighted by Gasteiger charge is -2.32. The summed E-state index contributed by atoms with van der Waals surface area (Å²) in [4.78, 5) is 26.8. The molecule has 0 fully saturated rings. The number of fused-ring (bicyclic) bond motifs is 2. The van der Waals surface area contributed by atoms with Crippen molar-refractivity contribution >= 4 is 29.1 Å². The lowest BCUT2D eigenvalue weighted by Crippen LogP contribution is -2.33. The van der Waals surface area contributed by atoms with Crippen LogP contribution in [0.25, 0.3) is 0 Å². The highest BCUT2D eigenvalue weighted by Crippen LogP contribution is 2.43. The SMILES string of the molecule is COC1=C(C(N)=O)C=CC(Cl)(c2ccccc2C(=O)N2Cc3ccccc3Cc3ccccc32)C1. The van der Waals surface area contributed by atoms with E-state index in [0.717, 1.165) is 23.2 Å². The Kier molecular flexibility index (Phi) is 5.95. The molecule has 2 aliphatic rings. The van der Waals surface area contributed by atoms with Crippen molar-refractivity contribution in [3.8, 4) is 0 Å². The summed E-state index contributed by atoms with van der Waals surface area (Å²) in [6.07, 6.45) is 4.26. The van der Waals surface area contributed by atoms with Gasteiger partial charge in [0.1, 0.15) is 5.76 Å². The number of hydrogen-bond acceptors (Lipinski definition) is 3. The first-order valence-electron chi connectivity index (χ1n) is 11.4. The third kappa shape index (κ3) is 4.13. The molecule has 2 N–H and O–H groups in total. The molecule has 6 heteroatoms. The molecule has 0 saturated carbocycles. The summed E-state index contributed by atoms with van der Waals surface area (Å²) in [5.74, 6) is -0.325. The number of carbonyl (C=O) groups excluding carboxylic acids is 2. The average molecular weight is 485 g/mol. The van der Waals surface area contributed by atoms with Gasteiger partial charge in [-0.25, -0.2) is 0 Å². The van der Waals surface area contributed by atoms with Gasteiger partial charge in [-0.2, -0.15) is 0 Å². The van der Waals surface area contributed by atoms with Crippen LogP contribution in [-0.4, -0.2) is 18.9 Å². The van der Waals surface area contributed by atoms with E-state index in [4.69, 9.17) is 22.1 Å². The van der Waals surface area contributed by atoms with Crippen LogP contribution in [0.15, 0.2) is 96.3 Å². The van der Waals surface area contributed by atoms with E-state index in [2.05, 4.69) is 18.2 Å². The Morgan fingerprint density at radius 2 is 1.60 bits per heavy atom. The number of carbonyl (C=O) groups is 2. The molecule has 35 heavy (non-hydrogen) atoms. The third-order valence-electron chi connectivity index (χ3n) is 6.70. The van der Waals surface area contributed by atoms with E-state index in [1.54, 1.807) is 18.2 Å². The molecule has 1 aliphatic carbocycles. The second-order valence-corrected chi connectivity index (χ2v) is 9.46. The van der Waals surface area contributed by atoms with Gasteiger partial charge in [-0.15, -0.1) is 11.6 Å². The van der Waals surface area contributed by atoms with Gasteiger partial charge >= 0.3 is 0 Å². The lowest BCUT2D eigenvalue weighted by molar-refractivity contribution is -0.114. The van der Waals surface area contributed by atoms with Crippen molar-refractivity contribution in [2.45, 2.75) is 24.3 Å². The van der Waals surface area contributed by atoms with Crippen molar-refractivity contribution in [2.75, 3.05) is 12.0 Å². The topological polar surface area (TPSA) is 72.6 Å². The van der Waals surface area contributed by atoms with Crippen LogP contribution in [0.5, 0.6) is 0 Å². The number of halogens is 1. The Hall–Kier alpha value is -3.83. The van der Waals surface area contributed by atoms with E-state index in [0.29, 0.717) is 23.4 Å². The Balaban J connectivity index is 1.59. The quantitative estimate of drug-likeness (QED) is 0.516. The van der Waals surface area contributed by atoms with Crippen molar-refractivity contribution in [1.82, 2.24) is 0 Å². The molecule has 0 aromatic heterocycles.